The van der Waals surface area contributed by atoms with Crippen LogP contribution in [-0.4, -0.2) is 21.8 Å². The summed E-state index contributed by atoms with van der Waals surface area (Å²) in [4.78, 5) is 29.9. The van der Waals surface area contributed by atoms with E-state index in [2.05, 4.69) is 4.98 Å². The van der Waals surface area contributed by atoms with Crippen molar-refractivity contribution in [2.45, 2.75) is 33.8 Å². The molecule has 0 aliphatic rings. The van der Waals surface area contributed by atoms with Gasteiger partial charge in [0.1, 0.15) is 23.9 Å². The monoisotopic (exact) mass is 557 g/mol. The van der Waals surface area contributed by atoms with Crippen LogP contribution in [0.5, 0.6) is 17.2 Å². The molecule has 0 aliphatic carbocycles. The van der Waals surface area contributed by atoms with Crippen molar-refractivity contribution in [3.8, 4) is 17.2 Å². The van der Waals surface area contributed by atoms with Crippen LogP contribution in [0.15, 0.2) is 103 Å². The van der Waals surface area contributed by atoms with E-state index in [1.165, 1.54) is 0 Å². The minimum Gasteiger partial charge on any atom is -0.489 e. The highest BCUT2D eigenvalue weighted by Crippen LogP contribution is 2.36. The number of carbonyl (C=O) groups is 2. The summed E-state index contributed by atoms with van der Waals surface area (Å²) in [5, 5.41) is 9.94. The van der Waals surface area contributed by atoms with E-state index in [1.54, 1.807) is 25.3 Å². The molecule has 6 nitrogen and oxygen atoms in total. The molecule has 0 fully saturated rings. The fourth-order valence-corrected chi connectivity index (χ4v) is 4.73. The highest BCUT2D eigenvalue weighted by molar-refractivity contribution is 6.14. The lowest BCUT2D eigenvalue weighted by atomic mass is 9.96. The van der Waals surface area contributed by atoms with Gasteiger partial charge in [-0.1, -0.05) is 67.6 Å². The van der Waals surface area contributed by atoms with Crippen LogP contribution in [0.3, 0.4) is 0 Å². The molecule has 1 aromatic heterocycles. The van der Waals surface area contributed by atoms with Crippen molar-refractivity contribution in [1.82, 2.24) is 4.98 Å². The van der Waals surface area contributed by atoms with Crippen LogP contribution in [0.1, 0.15) is 52.0 Å². The SMILES string of the molecule is CCc1ccccc1C(=O)c1cnc2cc(OCc3ccccc3)ccc2c1Oc1ccc(/C=C(\C)C(=O)O)c(C)c1. The maximum Gasteiger partial charge on any atom is 0.331 e. The van der Waals surface area contributed by atoms with E-state index in [0.29, 0.717) is 52.3 Å². The molecule has 0 spiro atoms. The molecule has 42 heavy (non-hydrogen) atoms. The van der Waals surface area contributed by atoms with E-state index in [-0.39, 0.29) is 11.4 Å². The molecular weight excluding hydrogens is 526 g/mol. The summed E-state index contributed by atoms with van der Waals surface area (Å²) in [7, 11) is 0. The minimum absolute atomic E-state index is 0.172. The Morgan fingerprint density at radius 2 is 1.62 bits per heavy atom. The van der Waals surface area contributed by atoms with Crippen LogP contribution in [-0.2, 0) is 17.8 Å². The van der Waals surface area contributed by atoms with Crippen molar-refractivity contribution in [3.05, 3.63) is 136 Å². The van der Waals surface area contributed by atoms with Crippen LogP contribution in [0.25, 0.3) is 17.0 Å². The first-order valence-corrected chi connectivity index (χ1v) is 13.8. The number of benzene rings is 4. The lowest BCUT2D eigenvalue weighted by Crippen LogP contribution is -2.08. The molecule has 210 valence electrons. The van der Waals surface area contributed by atoms with Crippen molar-refractivity contribution in [3.63, 3.8) is 0 Å². The Labute approximate surface area is 244 Å². The van der Waals surface area contributed by atoms with Crippen molar-refractivity contribution in [2.24, 2.45) is 0 Å². The Hall–Kier alpha value is -5.23. The zero-order chi connectivity index (χ0) is 29.6. The number of ether oxygens (including phenoxy) is 2. The molecule has 0 radical (unpaired) electrons. The van der Waals surface area contributed by atoms with Gasteiger partial charge in [0.15, 0.2) is 5.78 Å². The van der Waals surface area contributed by atoms with E-state index in [9.17, 15) is 14.7 Å². The number of aromatic nitrogens is 1. The summed E-state index contributed by atoms with van der Waals surface area (Å²) in [5.41, 5.74) is 5.43. The molecule has 0 saturated heterocycles. The fraction of sp³-hybridized carbons (Fsp3) is 0.139. The summed E-state index contributed by atoms with van der Waals surface area (Å²) >= 11 is 0. The molecule has 4 aromatic carbocycles. The molecule has 1 heterocycles. The van der Waals surface area contributed by atoms with Crippen LogP contribution in [0, 0.1) is 6.92 Å². The van der Waals surface area contributed by atoms with Gasteiger partial charge in [0.05, 0.1) is 11.1 Å². The number of pyridine rings is 1. The number of hydrogen-bond acceptors (Lipinski definition) is 5. The highest BCUT2D eigenvalue weighted by Gasteiger charge is 2.21. The molecule has 5 rings (SSSR count). The molecule has 6 heteroatoms. The molecule has 0 atom stereocenters. The summed E-state index contributed by atoms with van der Waals surface area (Å²) in [6, 6.07) is 28.4. The van der Waals surface area contributed by atoms with E-state index >= 15 is 0 Å². The van der Waals surface area contributed by atoms with Gasteiger partial charge in [-0.05, 0) is 72.9 Å². The van der Waals surface area contributed by atoms with Gasteiger partial charge in [-0.15, -0.1) is 0 Å². The van der Waals surface area contributed by atoms with Gasteiger partial charge in [-0.25, -0.2) is 4.79 Å². The molecule has 0 saturated carbocycles. The average molecular weight is 558 g/mol. The zero-order valence-electron chi connectivity index (χ0n) is 23.8. The summed E-state index contributed by atoms with van der Waals surface area (Å²) < 4.78 is 12.5. The number of carbonyl (C=O) groups excluding carboxylic acids is 1. The number of carboxylic acid groups (broad SMARTS) is 1. The van der Waals surface area contributed by atoms with Crippen molar-refractivity contribution >= 4 is 28.7 Å². The zero-order valence-corrected chi connectivity index (χ0v) is 23.8. The van der Waals surface area contributed by atoms with Gasteiger partial charge in [-0.3, -0.25) is 9.78 Å². The smallest absolute Gasteiger partial charge is 0.331 e. The van der Waals surface area contributed by atoms with E-state index in [0.717, 1.165) is 22.3 Å². The fourth-order valence-electron chi connectivity index (χ4n) is 4.73. The molecule has 0 aliphatic heterocycles. The van der Waals surface area contributed by atoms with Crippen LogP contribution >= 0.6 is 0 Å². The van der Waals surface area contributed by atoms with Crippen molar-refractivity contribution in [2.75, 3.05) is 0 Å². The molecule has 5 aromatic rings. The lowest BCUT2D eigenvalue weighted by molar-refractivity contribution is -0.132. The second-order valence-corrected chi connectivity index (χ2v) is 10.0. The Kier molecular flexibility index (Phi) is 8.44. The largest absolute Gasteiger partial charge is 0.489 e. The molecule has 0 bridgehead atoms. The van der Waals surface area contributed by atoms with Crippen LogP contribution < -0.4 is 9.47 Å². The third-order valence-electron chi connectivity index (χ3n) is 7.10. The summed E-state index contributed by atoms with van der Waals surface area (Å²) in [6.45, 7) is 5.88. The third kappa shape index (κ3) is 6.23. The average Bonchev–Trinajstić information content (AvgIpc) is 3.01. The predicted octanol–water partition coefficient (Wildman–Crippen LogP) is 8.20. The topological polar surface area (TPSA) is 85.7 Å². The number of ketones is 1. The second kappa shape index (κ2) is 12.5. The van der Waals surface area contributed by atoms with Gasteiger partial charge < -0.3 is 14.6 Å². The number of aliphatic carboxylic acids is 1. The van der Waals surface area contributed by atoms with Gasteiger partial charge in [0.2, 0.25) is 0 Å². The van der Waals surface area contributed by atoms with E-state index in [1.807, 2.05) is 98.8 Å². The Balaban J connectivity index is 1.56. The first kappa shape index (κ1) is 28.3. The molecular formula is C36H31NO5. The molecule has 0 unspecified atom stereocenters. The standard InChI is InChI=1S/C36H31NO5/c1-4-26-12-8-9-13-30(26)34(38)32-21-37-33-20-28(41-22-25-10-6-5-7-11-25)16-17-31(33)35(32)42-29-15-14-27(23(2)19-29)18-24(3)36(39)40/h5-21H,4,22H2,1-3H3,(H,39,40)/b24-18+. The second-order valence-electron chi connectivity index (χ2n) is 10.0. The number of carboxylic acids is 1. The number of rotatable bonds is 10. The van der Waals surface area contributed by atoms with Gasteiger partial charge in [0.25, 0.3) is 0 Å². The van der Waals surface area contributed by atoms with E-state index in [4.69, 9.17) is 9.47 Å². The number of hydrogen-bond donors (Lipinski definition) is 1. The first-order chi connectivity index (χ1) is 20.3. The quantitative estimate of drug-likeness (QED) is 0.138. The van der Waals surface area contributed by atoms with Gasteiger partial charge in [0, 0.05) is 28.8 Å². The Bertz CT molecular complexity index is 1810. The molecule has 0 amide bonds. The van der Waals surface area contributed by atoms with E-state index < -0.39 is 5.97 Å². The first-order valence-electron chi connectivity index (χ1n) is 13.8. The summed E-state index contributed by atoms with van der Waals surface area (Å²) in [6.07, 6.45) is 3.90. The van der Waals surface area contributed by atoms with Gasteiger partial charge in [-0.2, -0.15) is 0 Å². The maximum absolute atomic E-state index is 13.9. The highest BCUT2D eigenvalue weighted by atomic mass is 16.5. The number of fused-ring (bicyclic) bond motifs is 1. The number of nitrogens with zero attached hydrogens (tertiary/aromatic N) is 1. The maximum atomic E-state index is 13.9. The Morgan fingerprint density at radius 3 is 2.36 bits per heavy atom. The van der Waals surface area contributed by atoms with Gasteiger partial charge >= 0.3 is 5.97 Å². The summed E-state index contributed by atoms with van der Waals surface area (Å²) in [5.74, 6) is 0.429. The molecule has 1 N–H and O–H groups in total. The van der Waals surface area contributed by atoms with Crippen LogP contribution in [0.2, 0.25) is 0 Å². The normalized spacial score (nSPS) is 11.4. The Morgan fingerprint density at radius 1 is 0.881 bits per heavy atom. The van der Waals surface area contributed by atoms with Crippen molar-refractivity contribution < 1.29 is 24.2 Å². The van der Waals surface area contributed by atoms with Crippen LogP contribution in [0.4, 0.5) is 0 Å². The number of aryl methyl sites for hydroxylation is 2. The third-order valence-corrected chi connectivity index (χ3v) is 7.10. The minimum atomic E-state index is -0.972. The van der Waals surface area contributed by atoms with Crippen molar-refractivity contribution in [1.29, 1.82) is 0 Å². The predicted molar refractivity (Wildman–Crippen MR) is 164 cm³/mol. The lowest BCUT2D eigenvalue weighted by Gasteiger charge is -2.16.